The van der Waals surface area contributed by atoms with Gasteiger partial charge in [-0.25, -0.2) is 0 Å². The summed E-state index contributed by atoms with van der Waals surface area (Å²) in [6.07, 6.45) is 3.89. The van der Waals surface area contributed by atoms with Crippen LogP contribution < -0.4 is 9.96 Å². The quantitative estimate of drug-likeness (QED) is 0.681. The predicted octanol–water partition coefficient (Wildman–Crippen LogP) is 1.10. The first-order chi connectivity index (χ1) is 10.6. The highest BCUT2D eigenvalue weighted by Crippen LogP contribution is 2.33. The molecular weight excluding hydrogens is 280 g/mol. The van der Waals surface area contributed by atoms with Crippen molar-refractivity contribution in [1.29, 1.82) is 0 Å². The molecule has 1 aliphatic heterocycles. The Morgan fingerprint density at radius 2 is 2.18 bits per heavy atom. The van der Waals surface area contributed by atoms with E-state index in [9.17, 15) is 10.0 Å². The van der Waals surface area contributed by atoms with Crippen molar-refractivity contribution >= 4 is 17.4 Å². The van der Waals surface area contributed by atoms with Crippen molar-refractivity contribution in [3.05, 3.63) is 60.0 Å². The van der Waals surface area contributed by atoms with E-state index < -0.39 is 0 Å². The lowest BCUT2D eigenvalue weighted by Crippen LogP contribution is -3.08. The number of quaternary nitrogens is 1. The molecule has 3 rings (SSSR count). The molecule has 1 aliphatic rings. The monoisotopic (exact) mass is 298 g/mol. The Kier molecular flexibility index (Phi) is 3.79. The number of rotatable bonds is 3. The van der Waals surface area contributed by atoms with Crippen LogP contribution in [0.3, 0.4) is 0 Å². The molecule has 0 bridgehead atoms. The van der Waals surface area contributed by atoms with Gasteiger partial charge in [-0.2, -0.15) is 5.10 Å². The third-order valence-corrected chi connectivity index (χ3v) is 3.90. The molecule has 0 saturated carbocycles. The highest BCUT2D eigenvalue weighted by atomic mass is 16.5. The molecular formula is C16H18N4O2. The molecule has 1 amide bonds. The van der Waals surface area contributed by atoms with Crippen molar-refractivity contribution < 1.29 is 9.86 Å². The normalized spacial score (nSPS) is 21.4. The molecule has 6 nitrogen and oxygen atoms in total. The van der Waals surface area contributed by atoms with Crippen LogP contribution in [-0.2, 0) is 11.8 Å². The van der Waals surface area contributed by atoms with Gasteiger partial charge in [0.1, 0.15) is 11.9 Å². The van der Waals surface area contributed by atoms with Crippen LogP contribution in [0.1, 0.15) is 18.0 Å². The summed E-state index contributed by atoms with van der Waals surface area (Å²) in [6.45, 7) is 3.61. The summed E-state index contributed by atoms with van der Waals surface area (Å²) in [5.41, 5.74) is 1.52. The maximum absolute atomic E-state index is 12.6. The molecule has 2 aromatic rings. The lowest BCUT2D eigenvalue weighted by molar-refractivity contribution is -0.873. The van der Waals surface area contributed by atoms with Crippen LogP contribution in [-0.4, -0.2) is 22.2 Å². The molecule has 22 heavy (non-hydrogen) atoms. The highest BCUT2D eigenvalue weighted by molar-refractivity contribution is 6.01. The lowest BCUT2D eigenvalue weighted by Gasteiger charge is -2.27. The topological polar surface area (TPSA) is 65.6 Å². The van der Waals surface area contributed by atoms with Crippen LogP contribution in [0.4, 0.5) is 11.5 Å². The van der Waals surface area contributed by atoms with Gasteiger partial charge in [0.25, 0.3) is 5.91 Å². The smallest absolute Gasteiger partial charge is 0.288 e. The van der Waals surface area contributed by atoms with Gasteiger partial charge < -0.3 is 10.3 Å². The zero-order valence-corrected chi connectivity index (χ0v) is 12.4. The number of nitrogens with zero attached hydrogens (tertiary/aromatic N) is 3. The third kappa shape index (κ3) is 2.32. The summed E-state index contributed by atoms with van der Waals surface area (Å²) in [5, 5.41) is 16.6. The largest absolute Gasteiger partial charge is 0.633 e. The highest BCUT2D eigenvalue weighted by Gasteiger charge is 2.35. The zero-order chi connectivity index (χ0) is 15.7. The molecule has 1 N–H and O–H groups in total. The number of para-hydroxylation sites is 1. The lowest BCUT2D eigenvalue weighted by atomic mass is 10.1. The molecule has 1 aromatic carbocycles. The Bertz CT molecular complexity index is 695. The van der Waals surface area contributed by atoms with Gasteiger partial charge in [0.15, 0.2) is 6.54 Å². The standard InChI is InChI=1S/C16H18N4O2/c1-3-7-14-13-10-17-18(2)16(13)20(15(21)11-19(14)22)12-8-5-4-6-9-12/h3-6,8-10,14,19H,1,7,11H2,2H3. The van der Waals surface area contributed by atoms with Gasteiger partial charge in [-0.05, 0) is 12.1 Å². The Hall–Kier alpha value is -2.44. The van der Waals surface area contributed by atoms with E-state index in [0.717, 1.165) is 11.3 Å². The maximum Gasteiger partial charge on any atom is 0.288 e. The van der Waals surface area contributed by atoms with E-state index in [2.05, 4.69) is 11.7 Å². The van der Waals surface area contributed by atoms with E-state index >= 15 is 0 Å². The van der Waals surface area contributed by atoms with E-state index in [1.807, 2.05) is 30.3 Å². The minimum atomic E-state index is -0.362. The summed E-state index contributed by atoms with van der Waals surface area (Å²) >= 11 is 0. The van der Waals surface area contributed by atoms with Gasteiger partial charge in [-0.15, -0.1) is 6.58 Å². The Morgan fingerprint density at radius 1 is 1.45 bits per heavy atom. The first-order valence-electron chi connectivity index (χ1n) is 7.17. The first-order valence-corrected chi connectivity index (χ1v) is 7.17. The third-order valence-electron chi connectivity index (χ3n) is 3.90. The fraction of sp³-hybridized carbons (Fsp3) is 0.250. The summed E-state index contributed by atoms with van der Waals surface area (Å²) in [4.78, 5) is 14.2. The molecule has 0 spiro atoms. The van der Waals surface area contributed by atoms with Gasteiger partial charge in [0, 0.05) is 13.5 Å². The first kappa shape index (κ1) is 14.5. The SMILES string of the molecule is C=CCC1c2cnn(C)c2N(c2ccccc2)C(=O)C[NH+]1[O-]. The molecule has 0 radical (unpaired) electrons. The van der Waals surface area contributed by atoms with Gasteiger partial charge in [0.2, 0.25) is 0 Å². The number of benzene rings is 1. The number of fused-ring (bicyclic) bond motifs is 1. The second kappa shape index (κ2) is 5.75. The molecule has 2 unspecified atom stereocenters. The van der Waals surface area contributed by atoms with E-state index in [4.69, 9.17) is 0 Å². The van der Waals surface area contributed by atoms with Crippen molar-refractivity contribution in [2.45, 2.75) is 12.5 Å². The number of carbonyl (C=O) groups excluding carboxylic acids is 1. The van der Waals surface area contributed by atoms with Gasteiger partial charge >= 0.3 is 0 Å². The average Bonchev–Trinajstić information content (AvgIpc) is 2.83. The predicted molar refractivity (Wildman–Crippen MR) is 83.5 cm³/mol. The molecule has 114 valence electrons. The number of hydroxylamine groups is 2. The van der Waals surface area contributed by atoms with Crippen LogP contribution in [0.5, 0.6) is 0 Å². The average molecular weight is 298 g/mol. The van der Waals surface area contributed by atoms with Crippen molar-refractivity contribution in [3.63, 3.8) is 0 Å². The number of aromatic nitrogens is 2. The molecule has 2 heterocycles. The molecule has 1 aromatic heterocycles. The maximum atomic E-state index is 12.6. The number of hydrogen-bond donors (Lipinski definition) is 1. The fourth-order valence-corrected chi connectivity index (χ4v) is 2.88. The van der Waals surface area contributed by atoms with Gasteiger partial charge in [-0.1, -0.05) is 24.3 Å². The second-order valence-electron chi connectivity index (χ2n) is 5.33. The second-order valence-corrected chi connectivity index (χ2v) is 5.33. The van der Waals surface area contributed by atoms with Gasteiger partial charge in [0.05, 0.1) is 17.4 Å². The molecule has 0 saturated heterocycles. The van der Waals surface area contributed by atoms with Crippen LogP contribution in [0, 0.1) is 5.21 Å². The van der Waals surface area contributed by atoms with Crippen molar-refractivity contribution in [2.24, 2.45) is 7.05 Å². The summed E-state index contributed by atoms with van der Waals surface area (Å²) in [5.74, 6) is 0.432. The van der Waals surface area contributed by atoms with Crippen molar-refractivity contribution in [1.82, 2.24) is 9.78 Å². The Morgan fingerprint density at radius 3 is 2.86 bits per heavy atom. The number of amides is 1. The number of anilines is 2. The van der Waals surface area contributed by atoms with E-state index in [-0.39, 0.29) is 23.6 Å². The van der Waals surface area contributed by atoms with Crippen LogP contribution in [0.25, 0.3) is 0 Å². The minimum absolute atomic E-state index is 0.0856. The van der Waals surface area contributed by atoms with E-state index in [1.54, 1.807) is 28.9 Å². The summed E-state index contributed by atoms with van der Waals surface area (Å²) < 4.78 is 1.65. The Balaban J connectivity index is 2.18. The molecule has 0 aliphatic carbocycles. The zero-order valence-electron chi connectivity index (χ0n) is 12.4. The number of aryl methyl sites for hydroxylation is 1. The van der Waals surface area contributed by atoms with Crippen LogP contribution in [0.15, 0.2) is 49.2 Å². The molecule has 0 fully saturated rings. The van der Waals surface area contributed by atoms with Crippen molar-refractivity contribution in [2.75, 3.05) is 11.4 Å². The number of carbonyl (C=O) groups is 1. The number of nitrogens with one attached hydrogen (secondary N) is 1. The number of hydrogen-bond acceptors (Lipinski definition) is 3. The van der Waals surface area contributed by atoms with Gasteiger partial charge in [-0.3, -0.25) is 14.4 Å². The summed E-state index contributed by atoms with van der Waals surface area (Å²) in [6, 6.07) is 8.97. The van der Waals surface area contributed by atoms with E-state index in [1.165, 1.54) is 0 Å². The van der Waals surface area contributed by atoms with Crippen LogP contribution >= 0.6 is 0 Å². The fourth-order valence-electron chi connectivity index (χ4n) is 2.88. The molecule has 2 atom stereocenters. The van der Waals surface area contributed by atoms with E-state index in [0.29, 0.717) is 12.2 Å². The van der Waals surface area contributed by atoms with Crippen LogP contribution in [0.2, 0.25) is 0 Å². The minimum Gasteiger partial charge on any atom is -0.633 e. The Labute approximate surface area is 128 Å². The summed E-state index contributed by atoms with van der Waals surface area (Å²) in [7, 11) is 1.78. The van der Waals surface area contributed by atoms with Crippen molar-refractivity contribution in [3.8, 4) is 0 Å². The molecule has 6 heteroatoms.